The highest BCUT2D eigenvalue weighted by Gasteiger charge is 2.32. The Morgan fingerprint density at radius 1 is 0.444 bits per heavy atom. The third kappa shape index (κ3) is 15.5. The number of rotatable bonds is 15. The Morgan fingerprint density at radius 3 is 1.04 bits per heavy atom. The summed E-state index contributed by atoms with van der Waals surface area (Å²) in [7, 11) is 3.65. The van der Waals surface area contributed by atoms with Crippen LogP contribution in [0.15, 0.2) is 0 Å². The zero-order chi connectivity index (χ0) is 33.8. The lowest BCUT2D eigenvalue weighted by Gasteiger charge is -2.27. The molecule has 8 N–H and O–H groups in total. The van der Waals surface area contributed by atoms with Crippen molar-refractivity contribution < 1.29 is 28.8 Å². The Morgan fingerprint density at radius 2 is 0.756 bits per heavy atom. The fourth-order valence-corrected chi connectivity index (χ4v) is 4.91. The molecule has 14 heteroatoms. The molecule has 14 nitrogen and oxygen atoms in total. The maximum Gasteiger partial charge on any atom is 0.243 e. The minimum Gasteiger partial charge on any atom is -0.343 e. The van der Waals surface area contributed by atoms with Gasteiger partial charge in [0.15, 0.2) is 0 Å². The van der Waals surface area contributed by atoms with Gasteiger partial charge in [0.1, 0.15) is 36.3 Å². The standard InChI is InChI=1S/C31H58N8O6/c1-7-8-9-10-15-23-29(43)34-21(3)27(41)38-25(17-12-14-19-33-6)31(45)36-22(4)28(42)39-24(16-11-13-18-32-5)30(44)35-20(2)26(40)37-23/h20-25,32-33H,7-19H2,1-6H3,(H,34,43)(H,35,44)(H,36,45)(H,37,40)(H,38,41)(H,39,42)/t20-,21-,22-,23+,24+,25+/m1/s1. The summed E-state index contributed by atoms with van der Waals surface area (Å²) < 4.78 is 0. The summed E-state index contributed by atoms with van der Waals surface area (Å²) in [4.78, 5) is 79.4. The van der Waals surface area contributed by atoms with Crippen molar-refractivity contribution in [1.82, 2.24) is 42.5 Å². The van der Waals surface area contributed by atoms with Crippen LogP contribution in [0.5, 0.6) is 0 Å². The molecular formula is C31H58N8O6. The predicted octanol–water partition coefficient (Wildman–Crippen LogP) is -0.282. The summed E-state index contributed by atoms with van der Waals surface area (Å²) in [5, 5.41) is 22.3. The number of nitrogens with one attached hydrogen (secondary N) is 8. The van der Waals surface area contributed by atoms with E-state index in [0.717, 1.165) is 45.2 Å². The van der Waals surface area contributed by atoms with E-state index in [1.165, 1.54) is 20.8 Å². The third-order valence-electron chi connectivity index (χ3n) is 7.84. The molecule has 1 rings (SSSR count). The van der Waals surface area contributed by atoms with E-state index < -0.39 is 71.7 Å². The van der Waals surface area contributed by atoms with Gasteiger partial charge in [-0.15, -0.1) is 0 Å². The fraction of sp³-hybridized carbons (Fsp3) is 0.806. The van der Waals surface area contributed by atoms with Gasteiger partial charge in [-0.05, 0) is 92.9 Å². The van der Waals surface area contributed by atoms with Gasteiger partial charge in [0.2, 0.25) is 35.4 Å². The minimum atomic E-state index is -1.01. The molecule has 0 saturated carbocycles. The van der Waals surface area contributed by atoms with Crippen LogP contribution in [0.3, 0.4) is 0 Å². The molecule has 1 fully saturated rings. The highest BCUT2D eigenvalue weighted by molar-refractivity contribution is 5.97. The molecule has 258 valence electrons. The third-order valence-corrected chi connectivity index (χ3v) is 7.84. The van der Waals surface area contributed by atoms with Crippen LogP contribution in [0.2, 0.25) is 0 Å². The monoisotopic (exact) mass is 638 g/mol. The summed E-state index contributed by atoms with van der Waals surface area (Å²) >= 11 is 0. The van der Waals surface area contributed by atoms with Crippen LogP contribution < -0.4 is 42.5 Å². The Hall–Kier alpha value is -3.26. The van der Waals surface area contributed by atoms with Gasteiger partial charge >= 0.3 is 0 Å². The second kappa shape index (κ2) is 22.3. The molecule has 1 heterocycles. The molecule has 0 bridgehead atoms. The van der Waals surface area contributed by atoms with E-state index in [1.54, 1.807) is 0 Å². The summed E-state index contributed by atoms with van der Waals surface area (Å²) in [6.07, 6.45) is 7.30. The molecule has 6 amide bonds. The van der Waals surface area contributed by atoms with Crippen LogP contribution in [-0.2, 0) is 28.8 Å². The fourth-order valence-electron chi connectivity index (χ4n) is 4.91. The number of carbonyl (C=O) groups excluding carboxylic acids is 6. The quantitative estimate of drug-likeness (QED) is 0.112. The van der Waals surface area contributed by atoms with Crippen molar-refractivity contribution in [3.8, 4) is 0 Å². The van der Waals surface area contributed by atoms with Gasteiger partial charge in [-0.2, -0.15) is 0 Å². The van der Waals surface area contributed by atoms with Crippen molar-refractivity contribution in [2.24, 2.45) is 0 Å². The predicted molar refractivity (Wildman–Crippen MR) is 173 cm³/mol. The first-order valence-corrected chi connectivity index (χ1v) is 16.6. The molecule has 1 saturated heterocycles. The number of hydrogen-bond donors (Lipinski definition) is 8. The summed E-state index contributed by atoms with van der Waals surface area (Å²) in [5.74, 6) is -3.29. The van der Waals surface area contributed by atoms with Crippen molar-refractivity contribution in [3.05, 3.63) is 0 Å². The van der Waals surface area contributed by atoms with Crippen LogP contribution in [0, 0.1) is 0 Å². The van der Waals surface area contributed by atoms with E-state index in [4.69, 9.17) is 0 Å². The molecular weight excluding hydrogens is 580 g/mol. The minimum absolute atomic E-state index is 0.318. The Bertz CT molecular complexity index is 845. The molecule has 0 aromatic carbocycles. The molecule has 6 atom stereocenters. The second-order valence-corrected chi connectivity index (χ2v) is 11.9. The van der Waals surface area contributed by atoms with Crippen LogP contribution in [-0.4, -0.2) is 98.9 Å². The molecule has 0 spiro atoms. The highest BCUT2D eigenvalue weighted by atomic mass is 16.2. The van der Waals surface area contributed by atoms with Gasteiger partial charge in [0, 0.05) is 0 Å². The van der Waals surface area contributed by atoms with Crippen LogP contribution in [0.1, 0.15) is 98.3 Å². The van der Waals surface area contributed by atoms with Gasteiger partial charge < -0.3 is 42.5 Å². The topological polar surface area (TPSA) is 199 Å². The number of hydrogen-bond acceptors (Lipinski definition) is 8. The first kappa shape index (κ1) is 39.8. The van der Waals surface area contributed by atoms with Crippen molar-refractivity contribution >= 4 is 35.4 Å². The zero-order valence-corrected chi connectivity index (χ0v) is 28.1. The molecule has 0 aliphatic carbocycles. The van der Waals surface area contributed by atoms with Crippen molar-refractivity contribution in [3.63, 3.8) is 0 Å². The summed E-state index contributed by atoms with van der Waals surface area (Å²) in [6.45, 7) is 8.05. The molecule has 0 unspecified atom stereocenters. The maximum absolute atomic E-state index is 13.3. The van der Waals surface area contributed by atoms with Crippen LogP contribution in [0.4, 0.5) is 0 Å². The Balaban J connectivity index is 3.32. The molecule has 1 aliphatic rings. The van der Waals surface area contributed by atoms with E-state index >= 15 is 0 Å². The lowest BCUT2D eigenvalue weighted by Crippen LogP contribution is -2.60. The molecule has 45 heavy (non-hydrogen) atoms. The second-order valence-electron chi connectivity index (χ2n) is 11.9. The van der Waals surface area contributed by atoms with Crippen molar-refractivity contribution in [2.45, 2.75) is 135 Å². The summed E-state index contributed by atoms with van der Waals surface area (Å²) in [6, 6.07) is -5.84. The van der Waals surface area contributed by atoms with E-state index in [-0.39, 0.29) is 0 Å². The average Bonchev–Trinajstić information content (AvgIpc) is 3.00. The Kier molecular flexibility index (Phi) is 19.7. The SMILES string of the molecule is CCCCCC[C@@H]1NC(=O)[C@@H](C)NC(=O)[C@H](CCCCNC)NC(=O)[C@@H](C)NC(=O)[C@H](CCCCNC)NC(=O)[C@@H](C)NC1=O. The van der Waals surface area contributed by atoms with Crippen LogP contribution >= 0.6 is 0 Å². The van der Waals surface area contributed by atoms with E-state index in [9.17, 15) is 28.8 Å². The molecule has 0 aromatic rings. The number of carbonyl (C=O) groups is 6. The van der Waals surface area contributed by atoms with E-state index in [1.807, 2.05) is 14.1 Å². The lowest BCUT2D eigenvalue weighted by molar-refractivity contribution is -0.136. The summed E-state index contributed by atoms with van der Waals surface area (Å²) in [5.41, 5.74) is 0. The van der Waals surface area contributed by atoms with Gasteiger partial charge in [0.25, 0.3) is 0 Å². The van der Waals surface area contributed by atoms with Crippen molar-refractivity contribution in [2.75, 3.05) is 27.2 Å². The normalized spacial score (nSPS) is 26.0. The highest BCUT2D eigenvalue weighted by Crippen LogP contribution is 2.09. The Labute approximate surface area is 268 Å². The number of amides is 6. The van der Waals surface area contributed by atoms with E-state index in [0.29, 0.717) is 38.5 Å². The first-order valence-electron chi connectivity index (χ1n) is 16.6. The van der Waals surface area contributed by atoms with Crippen molar-refractivity contribution in [1.29, 1.82) is 0 Å². The smallest absolute Gasteiger partial charge is 0.243 e. The van der Waals surface area contributed by atoms with Gasteiger partial charge in [0.05, 0.1) is 0 Å². The van der Waals surface area contributed by atoms with Gasteiger partial charge in [-0.3, -0.25) is 28.8 Å². The molecule has 0 radical (unpaired) electrons. The average molecular weight is 639 g/mol. The van der Waals surface area contributed by atoms with Gasteiger partial charge in [-0.1, -0.05) is 32.6 Å². The zero-order valence-electron chi connectivity index (χ0n) is 28.1. The number of unbranched alkanes of at least 4 members (excludes halogenated alkanes) is 5. The molecule has 0 aromatic heterocycles. The van der Waals surface area contributed by atoms with E-state index in [2.05, 4.69) is 49.5 Å². The van der Waals surface area contributed by atoms with Gasteiger partial charge in [-0.25, -0.2) is 0 Å². The maximum atomic E-state index is 13.3. The lowest BCUT2D eigenvalue weighted by atomic mass is 10.0. The first-order chi connectivity index (χ1) is 21.4. The van der Waals surface area contributed by atoms with Crippen LogP contribution in [0.25, 0.3) is 0 Å². The molecule has 1 aliphatic heterocycles. The largest absolute Gasteiger partial charge is 0.343 e.